The van der Waals surface area contributed by atoms with E-state index in [2.05, 4.69) is 5.32 Å². The summed E-state index contributed by atoms with van der Waals surface area (Å²) in [6.45, 7) is 1.43. The van der Waals surface area contributed by atoms with Crippen molar-refractivity contribution >= 4 is 23.6 Å². The lowest BCUT2D eigenvalue weighted by atomic mass is 10.1. The van der Waals surface area contributed by atoms with Crippen molar-refractivity contribution in [1.29, 1.82) is 5.26 Å². The first kappa shape index (κ1) is 17.8. The first-order valence-electron chi connectivity index (χ1n) is 7.47. The monoisotopic (exact) mass is 336 g/mol. The highest BCUT2D eigenvalue weighted by Gasteiger charge is 2.12. The number of hydrogen-bond acceptors (Lipinski definition) is 4. The van der Waals surface area contributed by atoms with E-state index < -0.39 is 18.0 Å². The van der Waals surface area contributed by atoms with E-state index in [1.165, 1.54) is 13.0 Å². The summed E-state index contributed by atoms with van der Waals surface area (Å²) in [7, 11) is 0. The van der Waals surface area contributed by atoms with E-state index in [0.29, 0.717) is 17.0 Å². The Labute approximate surface area is 145 Å². The predicted octanol–water partition coefficient (Wildman–Crippen LogP) is 3.08. The Kier molecular flexibility index (Phi) is 5.91. The Morgan fingerprint density at radius 2 is 1.80 bits per heavy atom. The number of rotatable bonds is 6. The Balaban J connectivity index is 2.10. The van der Waals surface area contributed by atoms with Crippen LogP contribution in [0.15, 0.2) is 60.2 Å². The van der Waals surface area contributed by atoms with Gasteiger partial charge in [0, 0.05) is 5.69 Å². The zero-order chi connectivity index (χ0) is 18.2. The number of hydrogen-bond donors (Lipinski definition) is 2. The molecular formula is C19H16N2O4. The number of nitrogens with zero attached hydrogens (tertiary/aromatic N) is 1. The maximum Gasteiger partial charge on any atom is 0.344 e. The number of aliphatic carboxylic acids is 1. The Bertz CT molecular complexity index is 821. The first-order chi connectivity index (χ1) is 12.0. The highest BCUT2D eigenvalue weighted by atomic mass is 16.5. The highest BCUT2D eigenvalue weighted by Crippen LogP contribution is 2.17. The molecule has 0 saturated carbocycles. The number of carboxylic acid groups (broad SMARTS) is 1. The molecule has 0 unspecified atom stereocenters. The van der Waals surface area contributed by atoms with Gasteiger partial charge in [0.25, 0.3) is 5.91 Å². The topological polar surface area (TPSA) is 99.4 Å². The van der Waals surface area contributed by atoms with Gasteiger partial charge < -0.3 is 15.2 Å². The van der Waals surface area contributed by atoms with Crippen molar-refractivity contribution in [2.45, 2.75) is 13.0 Å². The summed E-state index contributed by atoms with van der Waals surface area (Å²) in [5.74, 6) is -1.18. The number of nitrogens with one attached hydrogen (secondary N) is 1. The predicted molar refractivity (Wildman–Crippen MR) is 92.8 cm³/mol. The largest absolute Gasteiger partial charge is 0.479 e. The highest BCUT2D eigenvalue weighted by molar-refractivity contribution is 6.09. The molecule has 6 nitrogen and oxygen atoms in total. The van der Waals surface area contributed by atoms with Gasteiger partial charge in [-0.15, -0.1) is 0 Å². The Morgan fingerprint density at radius 1 is 1.16 bits per heavy atom. The summed E-state index contributed by atoms with van der Waals surface area (Å²) in [5, 5.41) is 20.7. The fourth-order valence-electron chi connectivity index (χ4n) is 1.93. The van der Waals surface area contributed by atoms with Crippen LogP contribution in [0, 0.1) is 11.3 Å². The lowest BCUT2D eigenvalue weighted by Gasteiger charge is -2.10. The molecule has 0 heterocycles. The molecule has 0 bridgehead atoms. The van der Waals surface area contributed by atoms with E-state index in [4.69, 9.17) is 9.84 Å². The van der Waals surface area contributed by atoms with Crippen molar-refractivity contribution in [2.75, 3.05) is 5.32 Å². The second-order valence-electron chi connectivity index (χ2n) is 5.16. The Hall–Kier alpha value is -3.59. The lowest BCUT2D eigenvalue weighted by molar-refractivity contribution is -0.144. The average Bonchev–Trinajstić information content (AvgIpc) is 2.61. The zero-order valence-electron chi connectivity index (χ0n) is 13.5. The number of benzene rings is 2. The van der Waals surface area contributed by atoms with Crippen LogP contribution in [0.3, 0.4) is 0 Å². The molecule has 2 aromatic carbocycles. The van der Waals surface area contributed by atoms with Crippen LogP contribution >= 0.6 is 0 Å². The molecule has 126 valence electrons. The second-order valence-corrected chi connectivity index (χ2v) is 5.16. The van der Waals surface area contributed by atoms with Gasteiger partial charge in [-0.1, -0.05) is 30.3 Å². The summed E-state index contributed by atoms with van der Waals surface area (Å²) in [6, 6.07) is 17.1. The van der Waals surface area contributed by atoms with Crippen molar-refractivity contribution in [2.24, 2.45) is 0 Å². The van der Waals surface area contributed by atoms with E-state index in [9.17, 15) is 14.9 Å². The van der Waals surface area contributed by atoms with Crippen molar-refractivity contribution in [3.63, 3.8) is 0 Å². The first-order valence-corrected chi connectivity index (χ1v) is 7.47. The van der Waals surface area contributed by atoms with Crippen LogP contribution in [0.2, 0.25) is 0 Å². The molecule has 0 aliphatic carbocycles. The number of carboxylic acids is 1. The average molecular weight is 336 g/mol. The van der Waals surface area contributed by atoms with Crippen molar-refractivity contribution in [3.8, 4) is 11.8 Å². The van der Waals surface area contributed by atoms with Crippen LogP contribution in [0.5, 0.6) is 5.75 Å². The molecule has 1 amide bonds. The van der Waals surface area contributed by atoms with Crippen molar-refractivity contribution in [1.82, 2.24) is 0 Å². The number of carbonyl (C=O) groups is 2. The van der Waals surface area contributed by atoms with Crippen molar-refractivity contribution < 1.29 is 19.4 Å². The van der Waals surface area contributed by atoms with Gasteiger partial charge in [0.1, 0.15) is 17.4 Å². The second kappa shape index (κ2) is 8.31. The summed E-state index contributed by atoms with van der Waals surface area (Å²) in [4.78, 5) is 22.9. The minimum absolute atomic E-state index is 0.0450. The molecule has 0 spiro atoms. The molecule has 2 rings (SSSR count). The molecular weight excluding hydrogens is 320 g/mol. The zero-order valence-corrected chi connectivity index (χ0v) is 13.5. The third kappa shape index (κ3) is 5.22. The molecule has 1 atom stereocenters. The molecule has 0 fully saturated rings. The van der Waals surface area contributed by atoms with Gasteiger partial charge in [-0.3, -0.25) is 4.79 Å². The lowest BCUT2D eigenvalue weighted by Crippen LogP contribution is -2.22. The molecule has 0 aliphatic heterocycles. The SMILES string of the molecule is C[C@H](Oc1ccc(/C=C(/C#N)C(=O)Nc2ccccc2)cc1)C(=O)O. The third-order valence-corrected chi connectivity index (χ3v) is 3.25. The van der Waals surface area contributed by atoms with Crippen LogP contribution in [-0.4, -0.2) is 23.1 Å². The van der Waals surface area contributed by atoms with E-state index in [1.54, 1.807) is 48.5 Å². The maximum atomic E-state index is 12.1. The van der Waals surface area contributed by atoms with E-state index >= 15 is 0 Å². The minimum Gasteiger partial charge on any atom is -0.479 e. The number of carbonyl (C=O) groups excluding carboxylic acids is 1. The molecule has 0 aromatic heterocycles. The molecule has 0 saturated heterocycles. The van der Waals surface area contributed by atoms with Gasteiger partial charge in [0.2, 0.25) is 0 Å². The molecule has 0 radical (unpaired) electrons. The van der Waals surface area contributed by atoms with E-state index in [-0.39, 0.29) is 5.57 Å². The standard InChI is InChI=1S/C19H16N2O4/c1-13(19(23)24)25-17-9-7-14(8-10-17)11-15(12-20)18(22)21-16-5-3-2-4-6-16/h2-11,13H,1H3,(H,21,22)(H,23,24)/b15-11-/t13-/m0/s1. The number of nitriles is 1. The van der Waals surface area contributed by atoms with Crippen LogP contribution in [0.4, 0.5) is 5.69 Å². The Morgan fingerprint density at radius 3 is 2.36 bits per heavy atom. The van der Waals surface area contributed by atoms with Gasteiger partial charge in [-0.2, -0.15) is 5.26 Å². The summed E-state index contributed by atoms with van der Waals surface area (Å²) >= 11 is 0. The van der Waals surface area contributed by atoms with Gasteiger partial charge in [-0.25, -0.2) is 4.79 Å². The minimum atomic E-state index is -1.06. The summed E-state index contributed by atoms with van der Waals surface area (Å²) in [6.07, 6.45) is 0.482. The number of ether oxygens (including phenoxy) is 1. The van der Waals surface area contributed by atoms with Crippen LogP contribution in [-0.2, 0) is 9.59 Å². The smallest absolute Gasteiger partial charge is 0.344 e. The third-order valence-electron chi connectivity index (χ3n) is 3.25. The molecule has 6 heteroatoms. The molecule has 2 aromatic rings. The molecule has 2 N–H and O–H groups in total. The van der Waals surface area contributed by atoms with Gasteiger partial charge >= 0.3 is 5.97 Å². The quantitative estimate of drug-likeness (QED) is 0.624. The molecule has 0 aliphatic rings. The maximum absolute atomic E-state index is 12.1. The number of anilines is 1. The summed E-state index contributed by atoms with van der Waals surface area (Å²) in [5.41, 5.74) is 1.17. The van der Waals surface area contributed by atoms with Crippen LogP contribution in [0.1, 0.15) is 12.5 Å². The fraction of sp³-hybridized carbons (Fsp3) is 0.105. The fourth-order valence-corrected chi connectivity index (χ4v) is 1.93. The number of amides is 1. The van der Waals surface area contributed by atoms with E-state index in [1.807, 2.05) is 12.1 Å². The summed E-state index contributed by atoms with van der Waals surface area (Å²) < 4.78 is 5.22. The van der Waals surface area contributed by atoms with Gasteiger partial charge in [0.15, 0.2) is 6.10 Å². The normalized spacial score (nSPS) is 11.9. The van der Waals surface area contributed by atoms with Crippen LogP contribution in [0.25, 0.3) is 6.08 Å². The van der Waals surface area contributed by atoms with E-state index in [0.717, 1.165) is 0 Å². The van der Waals surface area contributed by atoms with Crippen LogP contribution < -0.4 is 10.1 Å². The van der Waals surface area contributed by atoms with Gasteiger partial charge in [-0.05, 0) is 42.8 Å². The van der Waals surface area contributed by atoms with Gasteiger partial charge in [0.05, 0.1) is 0 Å². The van der Waals surface area contributed by atoms with Crippen molar-refractivity contribution in [3.05, 3.63) is 65.7 Å². The molecule has 25 heavy (non-hydrogen) atoms. The number of para-hydroxylation sites is 1.